The van der Waals surface area contributed by atoms with Gasteiger partial charge in [0.2, 0.25) is 0 Å². The van der Waals surface area contributed by atoms with Gasteiger partial charge in [-0.25, -0.2) is 0 Å². The van der Waals surface area contributed by atoms with E-state index < -0.39 is 0 Å². The number of allylic oxidation sites excluding steroid dienone is 3. The summed E-state index contributed by atoms with van der Waals surface area (Å²) in [6.07, 6.45) is 4.20. The minimum absolute atomic E-state index is 0.499. The van der Waals surface area contributed by atoms with Gasteiger partial charge in [-0.15, -0.1) is 0 Å². The van der Waals surface area contributed by atoms with Crippen molar-refractivity contribution in [2.24, 2.45) is 10.8 Å². The van der Waals surface area contributed by atoms with Crippen LogP contribution in [0.1, 0.15) is 13.3 Å². The molecule has 0 aromatic carbocycles. The zero-order valence-corrected chi connectivity index (χ0v) is 7.02. The van der Waals surface area contributed by atoms with E-state index in [0.29, 0.717) is 10.9 Å². The van der Waals surface area contributed by atoms with Crippen molar-refractivity contribution in [3.63, 3.8) is 0 Å². The van der Waals surface area contributed by atoms with Crippen molar-refractivity contribution < 1.29 is 0 Å². The van der Waals surface area contributed by atoms with Gasteiger partial charge in [-0.2, -0.15) is 5.10 Å². The third-order valence-electron chi connectivity index (χ3n) is 1.43. The first-order chi connectivity index (χ1) is 5.24. The second-order valence-electron chi connectivity index (χ2n) is 2.20. The number of hydrogen-bond acceptors (Lipinski definition) is 3. The fourth-order valence-electron chi connectivity index (χ4n) is 0.821. The molecule has 0 aromatic rings. The van der Waals surface area contributed by atoms with E-state index in [0.717, 1.165) is 12.0 Å². The number of nitrogens with zero attached hydrogens (tertiary/aromatic N) is 1. The third kappa shape index (κ3) is 1.98. The Morgan fingerprint density at radius 2 is 2.45 bits per heavy atom. The first-order valence-corrected chi connectivity index (χ1v) is 3.76. The molecule has 60 valence electrons. The molecule has 0 bridgehead atoms. The maximum atomic E-state index is 5.71. The highest BCUT2D eigenvalue weighted by molar-refractivity contribution is 6.29. The van der Waals surface area contributed by atoms with Crippen LogP contribution in [0.3, 0.4) is 0 Å². The number of hydrogen-bond donors (Lipinski definition) is 2. The molecule has 1 heterocycles. The molecule has 0 saturated carbocycles. The van der Waals surface area contributed by atoms with Crippen LogP contribution in [-0.2, 0) is 0 Å². The average molecular weight is 172 g/mol. The van der Waals surface area contributed by atoms with Crippen molar-refractivity contribution in [2.75, 3.05) is 0 Å². The molecule has 0 aliphatic carbocycles. The molecule has 0 unspecified atom stereocenters. The second-order valence-corrected chi connectivity index (χ2v) is 2.60. The first kappa shape index (κ1) is 8.14. The Labute approximate surface area is 70.6 Å². The van der Waals surface area contributed by atoms with E-state index in [1.807, 2.05) is 6.92 Å². The van der Waals surface area contributed by atoms with Crippen molar-refractivity contribution >= 4 is 17.8 Å². The normalized spacial score (nSPS) is 17.5. The fourth-order valence-corrected chi connectivity index (χ4v) is 1.00. The Morgan fingerprint density at radius 3 is 3.09 bits per heavy atom. The second kappa shape index (κ2) is 3.44. The molecule has 0 atom stereocenters. The lowest BCUT2D eigenvalue weighted by molar-refractivity contribution is 0.954. The third-order valence-corrected chi connectivity index (χ3v) is 1.62. The van der Waals surface area contributed by atoms with E-state index in [1.165, 1.54) is 0 Å². The van der Waals surface area contributed by atoms with Gasteiger partial charge in [0.1, 0.15) is 5.16 Å². The average Bonchev–Trinajstić information content (AvgIpc) is 2.13. The van der Waals surface area contributed by atoms with Crippen molar-refractivity contribution in [2.45, 2.75) is 13.3 Å². The first-order valence-electron chi connectivity index (χ1n) is 3.39. The van der Waals surface area contributed by atoms with Gasteiger partial charge in [-0.05, 0) is 18.1 Å². The lowest BCUT2D eigenvalue weighted by Crippen LogP contribution is -2.02. The van der Waals surface area contributed by atoms with Crippen LogP contribution in [0.5, 0.6) is 0 Å². The topological polar surface area (TPSA) is 50.4 Å². The number of nitrogens with one attached hydrogen (secondary N) is 1. The predicted octanol–water partition coefficient (Wildman–Crippen LogP) is 1.28. The van der Waals surface area contributed by atoms with Crippen LogP contribution in [-0.4, -0.2) is 6.21 Å². The molecule has 0 fully saturated rings. The van der Waals surface area contributed by atoms with E-state index in [9.17, 15) is 0 Å². The monoisotopic (exact) mass is 171 g/mol. The molecule has 3 N–H and O–H groups in total. The number of halogens is 1. The lowest BCUT2D eigenvalue weighted by Gasteiger charge is -1.97. The van der Waals surface area contributed by atoms with E-state index in [4.69, 9.17) is 17.3 Å². The van der Waals surface area contributed by atoms with Gasteiger partial charge < -0.3 is 5.73 Å². The van der Waals surface area contributed by atoms with E-state index >= 15 is 0 Å². The summed E-state index contributed by atoms with van der Waals surface area (Å²) in [5.41, 5.74) is 9.92. The molecule has 4 heteroatoms. The molecule has 1 aliphatic heterocycles. The molecule has 11 heavy (non-hydrogen) atoms. The van der Waals surface area contributed by atoms with Gasteiger partial charge in [-0.3, -0.25) is 5.43 Å². The summed E-state index contributed by atoms with van der Waals surface area (Å²) in [7, 11) is 0. The fraction of sp³-hybridized carbons (Fsp3) is 0.286. The highest BCUT2D eigenvalue weighted by atomic mass is 35.5. The molecule has 0 amide bonds. The quantitative estimate of drug-likeness (QED) is 0.584. The van der Waals surface area contributed by atoms with Crippen LogP contribution in [0.4, 0.5) is 0 Å². The molecule has 1 aliphatic rings. The van der Waals surface area contributed by atoms with Gasteiger partial charge in [0.25, 0.3) is 0 Å². The van der Waals surface area contributed by atoms with Gasteiger partial charge in [-0.1, -0.05) is 18.5 Å². The Kier molecular flexibility index (Phi) is 2.54. The van der Waals surface area contributed by atoms with Crippen LogP contribution in [0.25, 0.3) is 0 Å². The van der Waals surface area contributed by atoms with E-state index in [1.54, 1.807) is 12.3 Å². The predicted molar refractivity (Wildman–Crippen MR) is 47.1 cm³/mol. The van der Waals surface area contributed by atoms with Gasteiger partial charge in [0, 0.05) is 0 Å². The van der Waals surface area contributed by atoms with Crippen molar-refractivity contribution in [1.29, 1.82) is 0 Å². The minimum Gasteiger partial charge on any atom is -0.397 e. The smallest absolute Gasteiger partial charge is 0.122 e. The van der Waals surface area contributed by atoms with Crippen LogP contribution in [0, 0.1) is 0 Å². The Balaban J connectivity index is 2.97. The summed E-state index contributed by atoms with van der Waals surface area (Å²) in [4.78, 5) is 0. The molecule has 3 nitrogen and oxygen atoms in total. The van der Waals surface area contributed by atoms with Gasteiger partial charge >= 0.3 is 0 Å². The summed E-state index contributed by atoms with van der Waals surface area (Å²) in [6, 6.07) is 0. The maximum absolute atomic E-state index is 5.71. The summed E-state index contributed by atoms with van der Waals surface area (Å²) in [5.74, 6) is 0. The van der Waals surface area contributed by atoms with Crippen LogP contribution in [0.2, 0.25) is 0 Å². The van der Waals surface area contributed by atoms with Crippen LogP contribution >= 0.6 is 11.6 Å². The largest absolute Gasteiger partial charge is 0.397 e. The van der Waals surface area contributed by atoms with E-state index in [2.05, 4.69) is 10.5 Å². The van der Waals surface area contributed by atoms with Crippen LogP contribution in [0.15, 0.2) is 27.6 Å². The standard InChI is InChI=1S/C7H10ClN3/c1-2-5-3-7(8)11-10-4-6(5)9/h3-4,11H,2,9H2,1H3. The lowest BCUT2D eigenvalue weighted by atomic mass is 10.1. The Morgan fingerprint density at radius 1 is 1.73 bits per heavy atom. The molecule has 0 saturated heterocycles. The zero-order chi connectivity index (χ0) is 8.27. The summed E-state index contributed by atoms with van der Waals surface area (Å²) >= 11 is 5.71. The summed E-state index contributed by atoms with van der Waals surface area (Å²) < 4.78 is 0. The van der Waals surface area contributed by atoms with Crippen molar-refractivity contribution in [3.05, 3.63) is 22.5 Å². The zero-order valence-electron chi connectivity index (χ0n) is 6.26. The molecular formula is C7H10ClN3. The number of rotatable bonds is 1. The van der Waals surface area contributed by atoms with Gasteiger partial charge in [0.05, 0.1) is 11.9 Å². The molecule has 0 radical (unpaired) electrons. The Hall–Kier alpha value is -0.960. The summed E-state index contributed by atoms with van der Waals surface area (Å²) in [6.45, 7) is 2.02. The number of hydrazone groups is 1. The molecule has 0 spiro atoms. The highest BCUT2D eigenvalue weighted by Gasteiger charge is 2.01. The SMILES string of the molecule is CCC1=C(N)C=NNC(Cl)=C1. The van der Waals surface area contributed by atoms with Crippen LogP contribution < -0.4 is 11.2 Å². The Bertz CT molecular complexity index is 240. The molecule has 0 aromatic heterocycles. The minimum atomic E-state index is 0.499. The molecular weight excluding hydrogens is 162 g/mol. The van der Waals surface area contributed by atoms with E-state index in [-0.39, 0.29) is 0 Å². The number of nitrogens with two attached hydrogens (primary N) is 1. The van der Waals surface area contributed by atoms with Gasteiger partial charge in [0.15, 0.2) is 0 Å². The van der Waals surface area contributed by atoms with Crippen molar-refractivity contribution in [1.82, 2.24) is 5.43 Å². The highest BCUT2D eigenvalue weighted by Crippen LogP contribution is 2.11. The van der Waals surface area contributed by atoms with Crippen molar-refractivity contribution in [3.8, 4) is 0 Å². The maximum Gasteiger partial charge on any atom is 0.122 e. The molecule has 1 rings (SSSR count). The summed E-state index contributed by atoms with van der Waals surface area (Å²) in [5, 5.41) is 4.27.